The minimum atomic E-state index is -0.920. The lowest BCUT2D eigenvalue weighted by Gasteiger charge is -2.37. The monoisotopic (exact) mass is 595 g/mol. The van der Waals surface area contributed by atoms with Gasteiger partial charge in [0.1, 0.15) is 22.8 Å². The van der Waals surface area contributed by atoms with Gasteiger partial charge in [0.2, 0.25) is 0 Å². The molecule has 1 aliphatic carbocycles. The first-order valence-corrected chi connectivity index (χ1v) is 14.5. The molecular weight excluding hydrogens is 558 g/mol. The van der Waals surface area contributed by atoms with Gasteiger partial charge in [-0.05, 0) is 112 Å². The van der Waals surface area contributed by atoms with Crippen molar-refractivity contribution in [2.24, 2.45) is 0 Å². The van der Waals surface area contributed by atoms with E-state index in [1.807, 2.05) is 32.9 Å². The molecule has 3 aromatic rings. The van der Waals surface area contributed by atoms with E-state index in [2.05, 4.69) is 6.07 Å². The van der Waals surface area contributed by atoms with Gasteiger partial charge in [-0.25, -0.2) is 9.59 Å². The van der Waals surface area contributed by atoms with Gasteiger partial charge in [0.05, 0.1) is 19.3 Å². The number of carbonyl (C=O) groups excluding carboxylic acids is 2. The van der Waals surface area contributed by atoms with E-state index in [0.29, 0.717) is 40.9 Å². The Morgan fingerprint density at radius 1 is 1.00 bits per heavy atom. The number of hydrogen-bond acceptors (Lipinski definition) is 7. The number of aliphatic hydroxyl groups is 1. The fourth-order valence-corrected chi connectivity index (χ4v) is 5.03. The van der Waals surface area contributed by atoms with Crippen LogP contribution in [0.1, 0.15) is 56.9 Å². The van der Waals surface area contributed by atoms with Crippen LogP contribution in [0.2, 0.25) is 5.02 Å². The quantitative estimate of drug-likeness (QED) is 0.255. The summed E-state index contributed by atoms with van der Waals surface area (Å²) in [6, 6.07) is 19.8. The number of amides is 1. The number of ether oxygens (including phenoxy) is 4. The maximum Gasteiger partial charge on any atom is 0.410 e. The first-order chi connectivity index (χ1) is 20.0. The second-order valence-corrected chi connectivity index (χ2v) is 11.6. The molecule has 0 aromatic heterocycles. The molecule has 0 fully saturated rings. The molecule has 0 aliphatic heterocycles. The predicted octanol–water partition coefficient (Wildman–Crippen LogP) is 6.90. The van der Waals surface area contributed by atoms with E-state index in [1.54, 1.807) is 60.4 Å². The SMILES string of the molecule is CCOC(=O)COc1ccc(Oc2ccc3c(c2)C[C@@H](N(C[C@H](O)c2cccc(Cl)c2)C(=O)OC(C)(C)C)CC3)cc1. The smallest absolute Gasteiger partial charge is 0.410 e. The number of aryl methyl sites for hydroxylation is 1. The third kappa shape index (κ3) is 8.87. The predicted molar refractivity (Wildman–Crippen MR) is 160 cm³/mol. The van der Waals surface area contributed by atoms with Crippen LogP contribution < -0.4 is 9.47 Å². The van der Waals surface area contributed by atoms with Crippen LogP contribution >= 0.6 is 11.6 Å². The molecule has 1 aliphatic rings. The molecule has 1 N–H and O–H groups in total. The third-order valence-corrected chi connectivity index (χ3v) is 7.01. The maximum atomic E-state index is 13.4. The van der Waals surface area contributed by atoms with Gasteiger partial charge in [-0.15, -0.1) is 0 Å². The molecule has 2 atom stereocenters. The highest BCUT2D eigenvalue weighted by molar-refractivity contribution is 6.30. The van der Waals surface area contributed by atoms with Crippen molar-refractivity contribution in [3.8, 4) is 17.2 Å². The van der Waals surface area contributed by atoms with E-state index in [-0.39, 0.29) is 19.2 Å². The van der Waals surface area contributed by atoms with E-state index in [4.69, 9.17) is 30.5 Å². The summed E-state index contributed by atoms with van der Waals surface area (Å²) < 4.78 is 22.2. The summed E-state index contributed by atoms with van der Waals surface area (Å²) in [5.41, 5.74) is 2.23. The summed E-state index contributed by atoms with van der Waals surface area (Å²) in [6.45, 7) is 7.46. The van der Waals surface area contributed by atoms with Crippen LogP contribution in [-0.2, 0) is 27.1 Å². The Hall–Kier alpha value is -3.75. The largest absolute Gasteiger partial charge is 0.482 e. The van der Waals surface area contributed by atoms with Crippen molar-refractivity contribution >= 4 is 23.7 Å². The Balaban J connectivity index is 1.46. The van der Waals surface area contributed by atoms with E-state index in [0.717, 1.165) is 18.4 Å². The fraction of sp³-hybridized carbons (Fsp3) is 0.394. The zero-order valence-corrected chi connectivity index (χ0v) is 25.2. The van der Waals surface area contributed by atoms with Crippen molar-refractivity contribution in [2.75, 3.05) is 19.8 Å². The van der Waals surface area contributed by atoms with Crippen LogP contribution in [0.25, 0.3) is 0 Å². The lowest BCUT2D eigenvalue weighted by atomic mass is 9.87. The Kier molecular flexibility index (Phi) is 10.4. The molecule has 224 valence electrons. The van der Waals surface area contributed by atoms with Crippen molar-refractivity contribution in [3.63, 3.8) is 0 Å². The topological polar surface area (TPSA) is 94.5 Å². The summed E-state index contributed by atoms with van der Waals surface area (Å²) >= 11 is 6.15. The number of benzene rings is 3. The number of nitrogens with zero attached hydrogens (tertiary/aromatic N) is 1. The average Bonchev–Trinajstić information content (AvgIpc) is 2.94. The van der Waals surface area contributed by atoms with Crippen LogP contribution in [0.5, 0.6) is 17.2 Å². The van der Waals surface area contributed by atoms with Crippen molar-refractivity contribution in [1.82, 2.24) is 4.90 Å². The Morgan fingerprint density at radius 3 is 2.40 bits per heavy atom. The number of hydrogen-bond donors (Lipinski definition) is 1. The van der Waals surface area contributed by atoms with Crippen LogP contribution in [-0.4, -0.2) is 53.5 Å². The highest BCUT2D eigenvalue weighted by atomic mass is 35.5. The number of halogens is 1. The number of esters is 1. The average molecular weight is 596 g/mol. The number of rotatable bonds is 10. The molecule has 0 unspecified atom stereocenters. The van der Waals surface area contributed by atoms with Gasteiger partial charge in [0.15, 0.2) is 6.61 Å². The van der Waals surface area contributed by atoms with Gasteiger partial charge in [-0.2, -0.15) is 0 Å². The van der Waals surface area contributed by atoms with Gasteiger partial charge >= 0.3 is 12.1 Å². The summed E-state index contributed by atoms with van der Waals surface area (Å²) in [5.74, 6) is 1.39. The van der Waals surface area contributed by atoms with Gasteiger partial charge in [-0.3, -0.25) is 0 Å². The molecule has 1 amide bonds. The molecule has 3 aromatic carbocycles. The zero-order valence-electron chi connectivity index (χ0n) is 24.5. The van der Waals surface area contributed by atoms with Crippen LogP contribution in [0.3, 0.4) is 0 Å². The molecule has 0 heterocycles. The molecule has 0 spiro atoms. The molecule has 9 heteroatoms. The molecule has 8 nitrogen and oxygen atoms in total. The second kappa shape index (κ2) is 13.9. The summed E-state index contributed by atoms with van der Waals surface area (Å²) in [6.07, 6.45) is 0.724. The number of fused-ring (bicyclic) bond motifs is 1. The van der Waals surface area contributed by atoms with Crippen LogP contribution in [0.4, 0.5) is 4.79 Å². The summed E-state index contributed by atoms with van der Waals surface area (Å²) in [5, 5.41) is 11.6. The van der Waals surface area contributed by atoms with Gasteiger partial charge < -0.3 is 29.0 Å². The van der Waals surface area contributed by atoms with E-state index in [9.17, 15) is 14.7 Å². The minimum Gasteiger partial charge on any atom is -0.482 e. The van der Waals surface area contributed by atoms with Crippen molar-refractivity contribution in [1.29, 1.82) is 0 Å². The van der Waals surface area contributed by atoms with Crippen molar-refractivity contribution < 1.29 is 33.6 Å². The Morgan fingerprint density at radius 2 is 1.71 bits per heavy atom. The standard InChI is InChI=1S/C33H38ClNO7/c1-5-39-31(37)21-40-27-13-15-28(16-14-27)41-29-12-10-22-9-11-26(18-24(22)19-29)35(32(38)42-33(2,3)4)20-30(36)23-7-6-8-25(34)17-23/h6-8,10,12-17,19,26,30,36H,5,9,11,18,20-21H2,1-4H3/t26-,30-/m0/s1. The maximum absolute atomic E-state index is 13.4. The summed E-state index contributed by atoms with van der Waals surface area (Å²) in [4.78, 5) is 26.5. The first-order valence-electron chi connectivity index (χ1n) is 14.1. The number of aliphatic hydroxyl groups excluding tert-OH is 1. The first kappa shape index (κ1) is 31.2. The highest BCUT2D eigenvalue weighted by Crippen LogP contribution is 2.32. The van der Waals surface area contributed by atoms with E-state index < -0.39 is 23.8 Å². The lowest BCUT2D eigenvalue weighted by molar-refractivity contribution is -0.145. The molecular formula is C33H38ClNO7. The fourth-order valence-electron chi connectivity index (χ4n) is 4.83. The van der Waals surface area contributed by atoms with Crippen molar-refractivity contribution in [3.05, 3.63) is 88.4 Å². The Labute approximate surface area is 252 Å². The molecule has 0 saturated heterocycles. The number of carbonyl (C=O) groups is 2. The van der Waals surface area contributed by atoms with E-state index >= 15 is 0 Å². The molecule has 4 rings (SSSR count). The van der Waals surface area contributed by atoms with Crippen LogP contribution in [0, 0.1) is 0 Å². The molecule has 0 radical (unpaired) electrons. The van der Waals surface area contributed by atoms with E-state index in [1.165, 1.54) is 5.56 Å². The second-order valence-electron chi connectivity index (χ2n) is 11.2. The molecule has 0 bridgehead atoms. The third-order valence-electron chi connectivity index (χ3n) is 6.77. The molecule has 0 saturated carbocycles. The van der Waals surface area contributed by atoms with Gasteiger partial charge in [0, 0.05) is 11.1 Å². The Bertz CT molecular complexity index is 1370. The minimum absolute atomic E-state index is 0.0794. The van der Waals surface area contributed by atoms with Gasteiger partial charge in [-0.1, -0.05) is 29.8 Å². The van der Waals surface area contributed by atoms with Crippen molar-refractivity contribution in [2.45, 2.75) is 64.7 Å². The van der Waals surface area contributed by atoms with Crippen LogP contribution in [0.15, 0.2) is 66.7 Å². The zero-order chi connectivity index (χ0) is 30.3. The normalized spacial score (nSPS) is 15.2. The molecule has 42 heavy (non-hydrogen) atoms. The van der Waals surface area contributed by atoms with Gasteiger partial charge in [0.25, 0.3) is 0 Å². The lowest BCUT2D eigenvalue weighted by Crippen LogP contribution is -2.47. The highest BCUT2D eigenvalue weighted by Gasteiger charge is 2.33. The summed E-state index contributed by atoms with van der Waals surface area (Å²) in [7, 11) is 0.